The highest BCUT2D eigenvalue weighted by molar-refractivity contribution is 6.30. The van der Waals surface area contributed by atoms with Crippen molar-refractivity contribution in [1.29, 1.82) is 0 Å². The van der Waals surface area contributed by atoms with Crippen molar-refractivity contribution in [3.05, 3.63) is 63.9 Å². The monoisotopic (exact) mass is 410 g/mol. The maximum Gasteiger partial charge on any atom is 0.254 e. The van der Waals surface area contributed by atoms with Gasteiger partial charge in [0.25, 0.3) is 5.91 Å². The van der Waals surface area contributed by atoms with Gasteiger partial charge in [0.15, 0.2) is 11.6 Å². The molecule has 0 saturated carbocycles. The van der Waals surface area contributed by atoms with Crippen LogP contribution in [-0.4, -0.2) is 57.0 Å². The predicted molar refractivity (Wildman–Crippen MR) is 113 cm³/mol. The van der Waals surface area contributed by atoms with Crippen LogP contribution in [0.4, 0.5) is 5.82 Å². The standard InChI is InChI=1S/C21H23ClN6O/c1-14-15(2)25-28(16(14)3)20-8-7-19(23-24-20)26-9-11-27(12-10-26)21(29)17-5-4-6-18(22)13-17/h4-8,13H,9-12H2,1-3H3. The van der Waals surface area contributed by atoms with Gasteiger partial charge in [-0.1, -0.05) is 17.7 Å². The van der Waals surface area contributed by atoms with E-state index in [1.807, 2.05) is 35.6 Å². The van der Waals surface area contributed by atoms with Crippen molar-refractivity contribution in [2.75, 3.05) is 31.1 Å². The summed E-state index contributed by atoms with van der Waals surface area (Å²) in [6, 6.07) is 11.0. The number of anilines is 1. The summed E-state index contributed by atoms with van der Waals surface area (Å²) in [5, 5.41) is 13.9. The van der Waals surface area contributed by atoms with Crippen LogP contribution in [0.1, 0.15) is 27.3 Å². The average molecular weight is 411 g/mol. The number of aromatic nitrogens is 4. The molecule has 29 heavy (non-hydrogen) atoms. The second kappa shape index (κ2) is 7.83. The summed E-state index contributed by atoms with van der Waals surface area (Å²) < 4.78 is 1.82. The number of aryl methyl sites for hydroxylation is 1. The van der Waals surface area contributed by atoms with Crippen molar-refractivity contribution < 1.29 is 4.79 Å². The molecule has 4 rings (SSSR count). The maximum atomic E-state index is 12.7. The van der Waals surface area contributed by atoms with Gasteiger partial charge in [0.1, 0.15) is 0 Å². The van der Waals surface area contributed by atoms with Gasteiger partial charge in [-0.2, -0.15) is 5.10 Å². The molecule has 3 aromatic rings. The van der Waals surface area contributed by atoms with Gasteiger partial charge in [0, 0.05) is 42.5 Å². The molecule has 0 bridgehead atoms. The smallest absolute Gasteiger partial charge is 0.254 e. The highest BCUT2D eigenvalue weighted by Crippen LogP contribution is 2.19. The van der Waals surface area contributed by atoms with Crippen LogP contribution in [0.2, 0.25) is 5.02 Å². The Bertz CT molecular complexity index is 1040. The minimum absolute atomic E-state index is 0.00785. The average Bonchev–Trinajstić information content (AvgIpc) is 3.01. The van der Waals surface area contributed by atoms with Gasteiger partial charge in [-0.3, -0.25) is 4.79 Å². The van der Waals surface area contributed by atoms with E-state index < -0.39 is 0 Å². The summed E-state index contributed by atoms with van der Waals surface area (Å²) >= 11 is 6.01. The quantitative estimate of drug-likeness (QED) is 0.663. The summed E-state index contributed by atoms with van der Waals surface area (Å²) in [5.74, 6) is 1.52. The van der Waals surface area contributed by atoms with Crippen LogP contribution in [-0.2, 0) is 0 Å². The molecule has 3 heterocycles. The van der Waals surface area contributed by atoms with Crippen LogP contribution in [0.3, 0.4) is 0 Å². The SMILES string of the molecule is Cc1nn(-c2ccc(N3CCN(C(=O)c4cccc(Cl)c4)CC3)nn2)c(C)c1C. The zero-order chi connectivity index (χ0) is 20.5. The second-order valence-electron chi connectivity index (χ2n) is 7.25. The van der Waals surface area contributed by atoms with E-state index in [1.165, 1.54) is 0 Å². The third-order valence-corrected chi connectivity index (χ3v) is 5.70. The molecule has 150 valence electrons. The van der Waals surface area contributed by atoms with Crippen LogP contribution in [0.15, 0.2) is 36.4 Å². The highest BCUT2D eigenvalue weighted by Gasteiger charge is 2.23. The fourth-order valence-electron chi connectivity index (χ4n) is 3.49. The van der Waals surface area contributed by atoms with Crippen molar-refractivity contribution in [2.45, 2.75) is 20.8 Å². The minimum Gasteiger partial charge on any atom is -0.352 e. The van der Waals surface area contributed by atoms with Crippen LogP contribution in [0.25, 0.3) is 5.82 Å². The number of carbonyl (C=O) groups is 1. The Balaban J connectivity index is 1.42. The van der Waals surface area contributed by atoms with Gasteiger partial charge in [0.2, 0.25) is 0 Å². The van der Waals surface area contributed by atoms with Crippen LogP contribution >= 0.6 is 11.6 Å². The van der Waals surface area contributed by atoms with Crippen molar-refractivity contribution in [3.8, 4) is 5.82 Å². The number of rotatable bonds is 3. The first-order chi connectivity index (χ1) is 13.9. The molecule has 0 N–H and O–H groups in total. The molecular weight excluding hydrogens is 388 g/mol. The lowest BCUT2D eigenvalue weighted by Crippen LogP contribution is -2.49. The molecule has 2 aromatic heterocycles. The number of carbonyl (C=O) groups excluding carboxylic acids is 1. The van der Waals surface area contributed by atoms with Crippen LogP contribution < -0.4 is 4.90 Å². The molecule has 0 spiro atoms. The van der Waals surface area contributed by atoms with Crippen molar-refractivity contribution in [2.24, 2.45) is 0 Å². The highest BCUT2D eigenvalue weighted by atomic mass is 35.5. The van der Waals surface area contributed by atoms with E-state index >= 15 is 0 Å². The molecule has 1 aliphatic rings. The molecule has 0 radical (unpaired) electrons. The number of hydrogen-bond donors (Lipinski definition) is 0. The first-order valence-corrected chi connectivity index (χ1v) is 9.98. The minimum atomic E-state index is 0.00785. The summed E-state index contributed by atoms with van der Waals surface area (Å²) in [7, 11) is 0. The molecule has 0 atom stereocenters. The topological polar surface area (TPSA) is 67.2 Å². The first kappa shape index (κ1) is 19.4. The van der Waals surface area contributed by atoms with E-state index in [1.54, 1.807) is 24.3 Å². The predicted octanol–water partition coefficient (Wildman–Crippen LogP) is 3.20. The molecule has 1 saturated heterocycles. The fraction of sp³-hybridized carbons (Fsp3) is 0.333. The number of piperazine rings is 1. The third kappa shape index (κ3) is 3.82. The largest absolute Gasteiger partial charge is 0.352 e. The zero-order valence-electron chi connectivity index (χ0n) is 16.8. The summed E-state index contributed by atoms with van der Waals surface area (Å²) in [6.45, 7) is 8.75. The lowest BCUT2D eigenvalue weighted by Gasteiger charge is -2.35. The Morgan fingerprint density at radius 3 is 2.24 bits per heavy atom. The summed E-state index contributed by atoms with van der Waals surface area (Å²) in [4.78, 5) is 16.7. The molecule has 8 heteroatoms. The van der Waals surface area contributed by atoms with E-state index in [0.717, 1.165) is 22.8 Å². The van der Waals surface area contributed by atoms with Crippen molar-refractivity contribution in [1.82, 2.24) is 24.9 Å². The molecule has 7 nitrogen and oxygen atoms in total. The van der Waals surface area contributed by atoms with Gasteiger partial charge in [0.05, 0.1) is 5.69 Å². The zero-order valence-corrected chi connectivity index (χ0v) is 17.5. The third-order valence-electron chi connectivity index (χ3n) is 5.47. The molecule has 1 amide bonds. The fourth-order valence-corrected chi connectivity index (χ4v) is 3.68. The molecular formula is C21H23ClN6O. The number of amides is 1. The van der Waals surface area contributed by atoms with Gasteiger partial charge in [-0.15, -0.1) is 10.2 Å². The number of benzene rings is 1. The Kier molecular flexibility index (Phi) is 5.24. The molecule has 1 fully saturated rings. The van der Waals surface area contributed by atoms with Gasteiger partial charge in [-0.25, -0.2) is 4.68 Å². The van der Waals surface area contributed by atoms with E-state index in [9.17, 15) is 4.79 Å². The van der Waals surface area contributed by atoms with Gasteiger partial charge < -0.3 is 9.80 Å². The van der Waals surface area contributed by atoms with Crippen molar-refractivity contribution >= 4 is 23.3 Å². The lowest BCUT2D eigenvalue weighted by atomic mass is 10.2. The normalized spacial score (nSPS) is 14.3. The molecule has 0 unspecified atom stereocenters. The molecule has 1 aliphatic heterocycles. The Hall–Kier alpha value is -2.93. The van der Waals surface area contributed by atoms with Gasteiger partial charge >= 0.3 is 0 Å². The number of halogens is 1. The molecule has 1 aromatic carbocycles. The van der Waals surface area contributed by atoms with E-state index in [4.69, 9.17) is 11.6 Å². The summed E-state index contributed by atoms with van der Waals surface area (Å²) in [6.07, 6.45) is 0. The van der Waals surface area contributed by atoms with E-state index in [2.05, 4.69) is 27.1 Å². The Morgan fingerprint density at radius 2 is 1.66 bits per heavy atom. The summed E-state index contributed by atoms with van der Waals surface area (Å²) in [5.41, 5.74) is 3.85. The van der Waals surface area contributed by atoms with E-state index in [0.29, 0.717) is 42.6 Å². The molecule has 0 aliphatic carbocycles. The van der Waals surface area contributed by atoms with Crippen LogP contribution in [0, 0.1) is 20.8 Å². The van der Waals surface area contributed by atoms with Crippen molar-refractivity contribution in [3.63, 3.8) is 0 Å². The Labute approximate surface area is 174 Å². The Morgan fingerprint density at radius 1 is 0.966 bits per heavy atom. The number of hydrogen-bond acceptors (Lipinski definition) is 5. The number of nitrogens with zero attached hydrogens (tertiary/aromatic N) is 6. The lowest BCUT2D eigenvalue weighted by molar-refractivity contribution is 0.0746. The van der Waals surface area contributed by atoms with E-state index in [-0.39, 0.29) is 5.91 Å². The van der Waals surface area contributed by atoms with Gasteiger partial charge in [-0.05, 0) is 56.7 Å². The first-order valence-electron chi connectivity index (χ1n) is 9.61. The second-order valence-corrected chi connectivity index (χ2v) is 7.68. The maximum absolute atomic E-state index is 12.7. The van der Waals surface area contributed by atoms with Crippen LogP contribution in [0.5, 0.6) is 0 Å².